The van der Waals surface area contributed by atoms with Crippen LogP contribution in [0.4, 0.5) is 5.69 Å². The highest BCUT2D eigenvalue weighted by molar-refractivity contribution is 9.09. The lowest BCUT2D eigenvalue weighted by Gasteiger charge is -2.09. The van der Waals surface area contributed by atoms with Gasteiger partial charge in [0.2, 0.25) is 0 Å². The van der Waals surface area contributed by atoms with E-state index >= 15 is 0 Å². The van der Waals surface area contributed by atoms with Gasteiger partial charge in [-0.2, -0.15) is 0 Å². The molecule has 0 saturated heterocycles. The van der Waals surface area contributed by atoms with Crippen molar-refractivity contribution in [3.05, 3.63) is 90.0 Å². The quantitative estimate of drug-likeness (QED) is 0.317. The van der Waals surface area contributed by atoms with Crippen molar-refractivity contribution in [2.45, 2.75) is 11.3 Å². The van der Waals surface area contributed by atoms with Gasteiger partial charge >= 0.3 is 5.97 Å². The maximum absolute atomic E-state index is 12.3. The minimum absolute atomic E-state index is 0.175. The SMILES string of the molecule is O=C(Oc1ccc(NS(=O)(=O)c2ccccc2)cc1)c1ccc(CCBr)cc1. The lowest BCUT2D eigenvalue weighted by atomic mass is 10.1. The maximum atomic E-state index is 12.3. The average Bonchev–Trinajstić information content (AvgIpc) is 2.71. The highest BCUT2D eigenvalue weighted by atomic mass is 79.9. The summed E-state index contributed by atoms with van der Waals surface area (Å²) in [6.07, 6.45) is 0.885. The standard InChI is InChI=1S/C21H18BrNO4S/c22-15-14-16-6-8-17(9-7-16)21(24)27-19-12-10-18(11-13-19)23-28(25,26)20-4-2-1-3-5-20/h1-13,23H,14-15H2. The number of anilines is 1. The number of hydrogen-bond donors (Lipinski definition) is 1. The fourth-order valence-corrected chi connectivity index (χ4v) is 4.02. The molecule has 0 saturated carbocycles. The first kappa shape index (κ1) is 20.1. The summed E-state index contributed by atoms with van der Waals surface area (Å²) in [5.74, 6) is -0.139. The van der Waals surface area contributed by atoms with Gasteiger partial charge in [0.15, 0.2) is 0 Å². The van der Waals surface area contributed by atoms with E-state index in [1.54, 1.807) is 54.6 Å². The molecule has 5 nitrogen and oxygen atoms in total. The van der Waals surface area contributed by atoms with Crippen LogP contribution in [0.15, 0.2) is 83.8 Å². The number of aryl methyl sites for hydroxylation is 1. The van der Waals surface area contributed by atoms with Gasteiger partial charge in [0.25, 0.3) is 10.0 Å². The molecule has 0 spiro atoms. The van der Waals surface area contributed by atoms with Crippen molar-refractivity contribution in [1.82, 2.24) is 0 Å². The monoisotopic (exact) mass is 459 g/mol. The molecule has 28 heavy (non-hydrogen) atoms. The molecule has 0 heterocycles. The van der Waals surface area contributed by atoms with Crippen LogP contribution in [0.1, 0.15) is 15.9 Å². The summed E-state index contributed by atoms with van der Waals surface area (Å²) in [6, 6.07) is 21.5. The molecule has 0 unspecified atom stereocenters. The molecule has 3 rings (SSSR count). The van der Waals surface area contributed by atoms with Gasteiger partial charge in [0.05, 0.1) is 10.5 Å². The molecule has 0 amide bonds. The van der Waals surface area contributed by atoms with Crippen molar-refractivity contribution in [3.8, 4) is 5.75 Å². The first-order valence-corrected chi connectivity index (χ1v) is 11.1. The van der Waals surface area contributed by atoms with E-state index in [2.05, 4.69) is 20.7 Å². The minimum Gasteiger partial charge on any atom is -0.423 e. The van der Waals surface area contributed by atoms with Crippen LogP contribution in [0.2, 0.25) is 0 Å². The topological polar surface area (TPSA) is 72.5 Å². The van der Waals surface area contributed by atoms with E-state index in [0.717, 1.165) is 17.3 Å². The van der Waals surface area contributed by atoms with Gasteiger partial charge in [-0.05, 0) is 60.5 Å². The summed E-state index contributed by atoms with van der Waals surface area (Å²) < 4.78 is 32.5. The first-order valence-electron chi connectivity index (χ1n) is 8.53. The Balaban J connectivity index is 1.65. The minimum atomic E-state index is -3.66. The molecule has 0 bridgehead atoms. The Morgan fingerprint density at radius 1 is 0.893 bits per heavy atom. The molecular weight excluding hydrogens is 442 g/mol. The highest BCUT2D eigenvalue weighted by Crippen LogP contribution is 2.20. The van der Waals surface area contributed by atoms with Crippen molar-refractivity contribution in [3.63, 3.8) is 0 Å². The number of nitrogens with one attached hydrogen (secondary N) is 1. The smallest absolute Gasteiger partial charge is 0.343 e. The largest absolute Gasteiger partial charge is 0.423 e. The van der Waals surface area contributed by atoms with Crippen LogP contribution in [-0.4, -0.2) is 19.7 Å². The molecule has 7 heteroatoms. The van der Waals surface area contributed by atoms with Gasteiger partial charge in [-0.3, -0.25) is 4.72 Å². The second-order valence-corrected chi connectivity index (χ2v) is 8.44. The third-order valence-corrected chi connectivity index (χ3v) is 5.74. The van der Waals surface area contributed by atoms with E-state index in [1.807, 2.05) is 12.1 Å². The molecule has 0 fully saturated rings. The van der Waals surface area contributed by atoms with Gasteiger partial charge in [-0.1, -0.05) is 46.3 Å². The second-order valence-electron chi connectivity index (χ2n) is 5.97. The van der Waals surface area contributed by atoms with Crippen LogP contribution < -0.4 is 9.46 Å². The van der Waals surface area contributed by atoms with Crippen LogP contribution >= 0.6 is 15.9 Å². The molecule has 0 aliphatic carbocycles. The predicted octanol–water partition coefficient (Wildman–Crippen LogP) is 4.64. The zero-order valence-electron chi connectivity index (χ0n) is 14.8. The van der Waals surface area contributed by atoms with E-state index in [0.29, 0.717) is 17.0 Å². The first-order chi connectivity index (χ1) is 13.5. The van der Waals surface area contributed by atoms with E-state index < -0.39 is 16.0 Å². The van der Waals surface area contributed by atoms with Crippen molar-refractivity contribution < 1.29 is 17.9 Å². The third kappa shape index (κ3) is 5.21. The molecule has 3 aromatic rings. The zero-order chi connectivity index (χ0) is 20.0. The van der Waals surface area contributed by atoms with Gasteiger partial charge in [0, 0.05) is 11.0 Å². The second kappa shape index (κ2) is 9.03. The summed E-state index contributed by atoms with van der Waals surface area (Å²) in [5.41, 5.74) is 1.96. The molecule has 3 aromatic carbocycles. The Morgan fingerprint density at radius 2 is 1.54 bits per heavy atom. The van der Waals surface area contributed by atoms with Crippen molar-refractivity contribution >= 4 is 37.6 Å². The van der Waals surface area contributed by atoms with Gasteiger partial charge in [0.1, 0.15) is 5.75 Å². The van der Waals surface area contributed by atoms with Crippen molar-refractivity contribution in [2.24, 2.45) is 0 Å². The fourth-order valence-electron chi connectivity index (χ4n) is 2.49. The number of rotatable bonds is 7. The normalized spacial score (nSPS) is 11.0. The molecular formula is C21H18BrNO4S. The summed E-state index contributed by atoms with van der Waals surface area (Å²) >= 11 is 3.38. The number of alkyl halides is 1. The lowest BCUT2D eigenvalue weighted by molar-refractivity contribution is 0.0734. The molecule has 1 N–H and O–H groups in total. The Bertz CT molecular complexity index is 1030. The summed E-state index contributed by atoms with van der Waals surface area (Å²) in [6.45, 7) is 0. The lowest BCUT2D eigenvalue weighted by Crippen LogP contribution is -2.13. The molecule has 0 aliphatic rings. The van der Waals surface area contributed by atoms with E-state index in [1.165, 1.54) is 12.1 Å². The fraction of sp³-hybridized carbons (Fsp3) is 0.0952. The van der Waals surface area contributed by atoms with Crippen LogP contribution in [0.25, 0.3) is 0 Å². The van der Waals surface area contributed by atoms with Gasteiger partial charge in [-0.15, -0.1) is 0 Å². The molecule has 0 aliphatic heterocycles. The molecule has 144 valence electrons. The average molecular weight is 460 g/mol. The maximum Gasteiger partial charge on any atom is 0.343 e. The third-order valence-electron chi connectivity index (χ3n) is 3.94. The number of benzene rings is 3. The molecule has 0 radical (unpaired) electrons. The number of carbonyl (C=O) groups is 1. The number of esters is 1. The van der Waals surface area contributed by atoms with Crippen LogP contribution in [0.5, 0.6) is 5.75 Å². The Hall–Kier alpha value is -2.64. The summed E-state index contributed by atoms with van der Waals surface area (Å²) in [4.78, 5) is 12.4. The number of carbonyl (C=O) groups excluding carboxylic acids is 1. The van der Waals surface area contributed by atoms with Crippen molar-refractivity contribution in [1.29, 1.82) is 0 Å². The van der Waals surface area contributed by atoms with Gasteiger partial charge in [-0.25, -0.2) is 13.2 Å². The van der Waals surface area contributed by atoms with E-state index in [9.17, 15) is 13.2 Å². The summed E-state index contributed by atoms with van der Waals surface area (Å²) in [7, 11) is -3.66. The van der Waals surface area contributed by atoms with Gasteiger partial charge < -0.3 is 4.74 Å². The predicted molar refractivity (Wildman–Crippen MR) is 113 cm³/mol. The van der Waals surface area contributed by atoms with E-state index in [-0.39, 0.29) is 4.90 Å². The van der Waals surface area contributed by atoms with E-state index in [4.69, 9.17) is 4.74 Å². The molecule has 0 aromatic heterocycles. The zero-order valence-corrected chi connectivity index (χ0v) is 17.2. The number of hydrogen-bond acceptors (Lipinski definition) is 4. The number of sulfonamides is 1. The highest BCUT2D eigenvalue weighted by Gasteiger charge is 2.14. The van der Waals surface area contributed by atoms with Crippen LogP contribution in [0, 0.1) is 0 Å². The number of ether oxygens (including phenoxy) is 1. The Morgan fingerprint density at radius 3 is 2.14 bits per heavy atom. The Kier molecular flexibility index (Phi) is 6.49. The van der Waals surface area contributed by atoms with Crippen molar-refractivity contribution in [2.75, 3.05) is 10.1 Å². The summed E-state index contributed by atoms with van der Waals surface area (Å²) in [5, 5.41) is 0.858. The molecule has 0 atom stereocenters. The number of halogens is 1. The van der Waals surface area contributed by atoms with Crippen LogP contribution in [-0.2, 0) is 16.4 Å². The van der Waals surface area contributed by atoms with Crippen LogP contribution in [0.3, 0.4) is 0 Å². The Labute approximate surface area is 172 Å².